The topological polar surface area (TPSA) is 81.1 Å². The van der Waals surface area contributed by atoms with Gasteiger partial charge >= 0.3 is 0 Å². The number of carbonyl (C=O) groups is 1. The first-order valence-corrected chi connectivity index (χ1v) is 12.9. The number of imidazole rings is 1. The Kier molecular flexibility index (Phi) is 6.20. The van der Waals surface area contributed by atoms with Gasteiger partial charge in [0.25, 0.3) is 0 Å². The van der Waals surface area contributed by atoms with Crippen LogP contribution >= 0.6 is 11.8 Å². The molecule has 8 heteroatoms. The van der Waals surface area contributed by atoms with Crippen molar-refractivity contribution in [2.75, 3.05) is 11.5 Å². The summed E-state index contributed by atoms with van der Waals surface area (Å²) in [4.78, 5) is 17.3. The summed E-state index contributed by atoms with van der Waals surface area (Å²) in [5, 5.41) is 3.18. The van der Waals surface area contributed by atoms with E-state index >= 15 is 0 Å². The number of nitrogens with zero attached hydrogens (tertiary/aromatic N) is 2. The van der Waals surface area contributed by atoms with Crippen LogP contribution in [0.4, 0.5) is 0 Å². The number of carbonyl (C=O) groups excluding carboxylic acids is 1. The van der Waals surface area contributed by atoms with Crippen molar-refractivity contribution in [1.82, 2.24) is 14.9 Å². The van der Waals surface area contributed by atoms with Crippen LogP contribution in [-0.2, 0) is 14.6 Å². The number of aryl methyl sites for hydroxylation is 1. The maximum Gasteiger partial charge on any atom is 0.233 e. The Morgan fingerprint density at radius 3 is 2.52 bits per heavy atom. The normalized spacial score (nSPS) is 18.6. The van der Waals surface area contributed by atoms with E-state index in [1.807, 2.05) is 43.5 Å². The molecule has 1 aromatic heterocycles. The first-order chi connectivity index (χ1) is 14.8. The minimum atomic E-state index is -3.04. The molecular weight excluding hydrogens is 430 g/mol. The van der Waals surface area contributed by atoms with Crippen LogP contribution in [0.25, 0.3) is 16.9 Å². The fourth-order valence-electron chi connectivity index (χ4n) is 3.61. The number of benzene rings is 2. The van der Waals surface area contributed by atoms with E-state index in [9.17, 15) is 13.2 Å². The van der Waals surface area contributed by atoms with Crippen molar-refractivity contribution in [3.8, 4) is 16.9 Å². The molecular formula is C23H25N3O3S2. The zero-order valence-corrected chi connectivity index (χ0v) is 19.1. The molecule has 0 radical (unpaired) electrons. The standard InChI is InChI=1S/C23H25N3O3S2/c1-16-8-10-18(11-9-16)21-14-24-23(26(21)20-6-4-3-5-7-20)30-17(2)22(27)25-19-12-13-31(28,29)15-19/h3-11,14,17,19H,12-13,15H2,1-2H3,(H,25,27). The lowest BCUT2D eigenvalue weighted by Gasteiger charge is -2.17. The van der Waals surface area contributed by atoms with Gasteiger partial charge in [-0.2, -0.15) is 0 Å². The second-order valence-corrected chi connectivity index (χ2v) is 11.4. The highest BCUT2D eigenvalue weighted by atomic mass is 32.2. The summed E-state index contributed by atoms with van der Waals surface area (Å²) in [6, 6.07) is 17.9. The molecule has 2 aromatic carbocycles. The number of para-hydroxylation sites is 1. The summed E-state index contributed by atoms with van der Waals surface area (Å²) in [6.07, 6.45) is 2.30. The molecule has 2 heterocycles. The zero-order chi connectivity index (χ0) is 22.0. The van der Waals surface area contributed by atoms with E-state index in [1.165, 1.54) is 17.3 Å². The Morgan fingerprint density at radius 1 is 1.16 bits per heavy atom. The largest absolute Gasteiger partial charge is 0.351 e. The van der Waals surface area contributed by atoms with Crippen LogP contribution < -0.4 is 5.32 Å². The Labute approximate surface area is 187 Å². The lowest BCUT2D eigenvalue weighted by atomic mass is 10.1. The monoisotopic (exact) mass is 455 g/mol. The van der Waals surface area contributed by atoms with Crippen molar-refractivity contribution >= 4 is 27.5 Å². The number of sulfone groups is 1. The van der Waals surface area contributed by atoms with E-state index in [0.717, 1.165) is 16.9 Å². The minimum absolute atomic E-state index is 0.0202. The number of hydrogen-bond donors (Lipinski definition) is 1. The van der Waals surface area contributed by atoms with Gasteiger partial charge in [0.05, 0.1) is 28.6 Å². The van der Waals surface area contributed by atoms with Gasteiger partial charge in [-0.05, 0) is 32.4 Å². The molecule has 1 aliphatic heterocycles. The number of rotatable bonds is 6. The molecule has 0 bridgehead atoms. The maximum absolute atomic E-state index is 12.7. The third-order valence-electron chi connectivity index (χ3n) is 5.32. The van der Waals surface area contributed by atoms with Crippen LogP contribution in [0, 0.1) is 6.92 Å². The molecule has 1 amide bonds. The number of aromatic nitrogens is 2. The average Bonchev–Trinajstić information content (AvgIpc) is 3.31. The van der Waals surface area contributed by atoms with Gasteiger partial charge in [0.15, 0.2) is 15.0 Å². The van der Waals surface area contributed by atoms with Crippen LogP contribution in [0.1, 0.15) is 18.9 Å². The first kappa shape index (κ1) is 21.6. The van der Waals surface area contributed by atoms with E-state index < -0.39 is 15.1 Å². The van der Waals surface area contributed by atoms with E-state index in [0.29, 0.717) is 11.6 Å². The zero-order valence-electron chi connectivity index (χ0n) is 17.5. The van der Waals surface area contributed by atoms with Gasteiger partial charge in [0, 0.05) is 17.3 Å². The van der Waals surface area contributed by atoms with Crippen molar-refractivity contribution < 1.29 is 13.2 Å². The van der Waals surface area contributed by atoms with Crippen molar-refractivity contribution in [2.45, 2.75) is 36.7 Å². The van der Waals surface area contributed by atoms with E-state index in [1.54, 1.807) is 0 Å². The lowest BCUT2D eigenvalue weighted by molar-refractivity contribution is -0.120. The molecule has 4 rings (SSSR count). The van der Waals surface area contributed by atoms with Crippen LogP contribution in [0.15, 0.2) is 66.0 Å². The number of hydrogen-bond acceptors (Lipinski definition) is 5. The van der Waals surface area contributed by atoms with Gasteiger partial charge in [-0.3, -0.25) is 9.36 Å². The molecule has 1 fully saturated rings. The molecule has 3 aromatic rings. The van der Waals surface area contributed by atoms with Gasteiger partial charge in [-0.25, -0.2) is 13.4 Å². The molecule has 162 valence electrons. The van der Waals surface area contributed by atoms with Gasteiger partial charge in [-0.1, -0.05) is 59.8 Å². The van der Waals surface area contributed by atoms with Crippen LogP contribution in [-0.4, -0.2) is 46.7 Å². The highest BCUT2D eigenvalue weighted by Gasteiger charge is 2.30. The quantitative estimate of drug-likeness (QED) is 0.574. The molecule has 2 unspecified atom stereocenters. The summed E-state index contributed by atoms with van der Waals surface area (Å²) in [7, 11) is -3.04. The van der Waals surface area contributed by atoms with Crippen molar-refractivity contribution in [1.29, 1.82) is 0 Å². The Balaban J connectivity index is 1.59. The molecule has 0 saturated carbocycles. The van der Waals surface area contributed by atoms with Crippen molar-refractivity contribution in [3.05, 3.63) is 66.4 Å². The molecule has 1 N–H and O–H groups in total. The molecule has 6 nitrogen and oxygen atoms in total. The van der Waals surface area contributed by atoms with Crippen LogP contribution in [0.5, 0.6) is 0 Å². The van der Waals surface area contributed by atoms with Crippen molar-refractivity contribution in [3.63, 3.8) is 0 Å². The summed E-state index contributed by atoms with van der Waals surface area (Å²) in [5.74, 6) is -0.0176. The summed E-state index contributed by atoms with van der Waals surface area (Å²) in [5.41, 5.74) is 4.14. The molecule has 1 saturated heterocycles. The highest BCUT2D eigenvalue weighted by molar-refractivity contribution is 8.00. The fourth-order valence-corrected chi connectivity index (χ4v) is 6.20. The van der Waals surface area contributed by atoms with Crippen LogP contribution in [0.2, 0.25) is 0 Å². The lowest BCUT2D eigenvalue weighted by Crippen LogP contribution is -2.40. The first-order valence-electron chi connectivity index (χ1n) is 10.2. The molecule has 2 atom stereocenters. The van der Waals surface area contributed by atoms with Crippen LogP contribution in [0.3, 0.4) is 0 Å². The predicted molar refractivity (Wildman–Crippen MR) is 124 cm³/mol. The number of amides is 1. The minimum Gasteiger partial charge on any atom is -0.351 e. The third kappa shape index (κ3) is 5.02. The predicted octanol–water partition coefficient (Wildman–Crippen LogP) is 3.63. The van der Waals surface area contributed by atoms with E-state index in [4.69, 9.17) is 0 Å². The highest BCUT2D eigenvalue weighted by Crippen LogP contribution is 2.32. The van der Waals surface area contributed by atoms with E-state index in [-0.39, 0.29) is 23.5 Å². The summed E-state index contributed by atoms with van der Waals surface area (Å²) in [6.45, 7) is 3.87. The third-order valence-corrected chi connectivity index (χ3v) is 8.16. The molecule has 0 spiro atoms. The smallest absolute Gasteiger partial charge is 0.233 e. The number of nitrogens with one attached hydrogen (secondary N) is 1. The Hall–Kier alpha value is -2.58. The SMILES string of the molecule is Cc1ccc(-c2cnc(SC(C)C(=O)NC3CCS(=O)(=O)C3)n2-c2ccccc2)cc1. The van der Waals surface area contributed by atoms with Gasteiger partial charge in [-0.15, -0.1) is 0 Å². The Morgan fingerprint density at radius 2 is 1.87 bits per heavy atom. The fraction of sp³-hybridized carbons (Fsp3) is 0.304. The van der Waals surface area contributed by atoms with Crippen molar-refractivity contribution in [2.24, 2.45) is 0 Å². The molecule has 0 aliphatic carbocycles. The molecule has 1 aliphatic rings. The number of thioether (sulfide) groups is 1. The second kappa shape index (κ2) is 8.88. The Bertz CT molecular complexity index is 1170. The van der Waals surface area contributed by atoms with E-state index in [2.05, 4.69) is 46.1 Å². The van der Waals surface area contributed by atoms with Gasteiger partial charge in [0.2, 0.25) is 5.91 Å². The molecule has 31 heavy (non-hydrogen) atoms. The summed E-state index contributed by atoms with van der Waals surface area (Å²) >= 11 is 1.37. The maximum atomic E-state index is 12.7. The second-order valence-electron chi connectivity index (χ2n) is 7.83. The van der Waals surface area contributed by atoms with Gasteiger partial charge < -0.3 is 5.32 Å². The van der Waals surface area contributed by atoms with Gasteiger partial charge in [0.1, 0.15) is 0 Å². The average molecular weight is 456 g/mol. The summed E-state index contributed by atoms with van der Waals surface area (Å²) < 4.78 is 25.4.